The second kappa shape index (κ2) is 3.70. The summed E-state index contributed by atoms with van der Waals surface area (Å²) in [6.45, 7) is 0. The minimum Gasteiger partial charge on any atom is -0.324 e. The number of imide groups is 1. The van der Waals surface area contributed by atoms with Crippen LogP contribution in [-0.4, -0.2) is 23.0 Å². The number of nitrogens with zero attached hydrogens (tertiary/aromatic N) is 1. The van der Waals surface area contributed by atoms with E-state index in [9.17, 15) is 9.59 Å². The van der Waals surface area contributed by atoms with E-state index in [4.69, 9.17) is 5.84 Å². The van der Waals surface area contributed by atoms with Crippen molar-refractivity contribution in [3.8, 4) is 0 Å². The number of hydrogen-bond acceptors (Lipinski definition) is 3. The number of amides is 3. The zero-order valence-electron chi connectivity index (χ0n) is 8.01. The predicted molar refractivity (Wildman–Crippen MR) is 53.5 cm³/mol. The first-order valence-corrected chi connectivity index (χ1v) is 4.61. The fourth-order valence-corrected chi connectivity index (χ4v) is 1.54. The van der Waals surface area contributed by atoms with Crippen LogP contribution in [0, 0.1) is 0 Å². The quantitative estimate of drug-likeness (QED) is 0.406. The van der Waals surface area contributed by atoms with E-state index in [1.54, 1.807) is 0 Å². The van der Waals surface area contributed by atoms with E-state index in [0.29, 0.717) is 11.4 Å². The van der Waals surface area contributed by atoms with Gasteiger partial charge >= 0.3 is 6.03 Å². The van der Waals surface area contributed by atoms with Gasteiger partial charge in [-0.05, 0) is 5.56 Å². The van der Waals surface area contributed by atoms with E-state index in [0.717, 1.165) is 5.56 Å². The monoisotopic (exact) mass is 205 g/mol. The lowest BCUT2D eigenvalue weighted by Crippen LogP contribution is -2.38. The minimum absolute atomic E-state index is 0.385. The number of nitrogens with two attached hydrogens (primary N) is 1. The molecule has 78 valence electrons. The van der Waals surface area contributed by atoms with Crippen LogP contribution in [-0.2, 0) is 11.2 Å². The Kier molecular flexibility index (Phi) is 2.39. The van der Waals surface area contributed by atoms with Crippen LogP contribution in [0.25, 0.3) is 0 Å². The van der Waals surface area contributed by atoms with Crippen molar-refractivity contribution in [2.24, 2.45) is 5.84 Å². The first-order chi connectivity index (χ1) is 7.18. The topological polar surface area (TPSA) is 75.4 Å². The summed E-state index contributed by atoms with van der Waals surface area (Å²) in [4.78, 5) is 22.5. The molecule has 0 aliphatic carbocycles. The van der Waals surface area contributed by atoms with E-state index in [-0.39, 0.29) is 5.91 Å². The normalized spacial score (nSPS) is 20.6. The van der Waals surface area contributed by atoms with Crippen molar-refractivity contribution < 1.29 is 9.59 Å². The van der Waals surface area contributed by atoms with Gasteiger partial charge < -0.3 is 5.32 Å². The number of hydrogen-bond donors (Lipinski definition) is 2. The van der Waals surface area contributed by atoms with Crippen molar-refractivity contribution in [2.75, 3.05) is 0 Å². The molecule has 1 atom stereocenters. The van der Waals surface area contributed by atoms with Gasteiger partial charge in [-0.1, -0.05) is 30.3 Å². The molecule has 5 nitrogen and oxygen atoms in total. The number of urea groups is 1. The standard InChI is InChI=1S/C10H11N3O2/c11-13-9(14)8(12-10(13)15)6-7-4-2-1-3-5-7/h1-5,8H,6,11H2,(H,12,15)/t8-/m1/s1. The van der Waals surface area contributed by atoms with Gasteiger partial charge in [-0.3, -0.25) is 4.79 Å². The smallest absolute Gasteiger partial charge is 0.324 e. The van der Waals surface area contributed by atoms with Crippen LogP contribution in [0.15, 0.2) is 30.3 Å². The van der Waals surface area contributed by atoms with Crippen LogP contribution in [0.4, 0.5) is 4.79 Å². The molecule has 1 saturated heterocycles. The van der Waals surface area contributed by atoms with Gasteiger partial charge in [0.05, 0.1) is 0 Å². The van der Waals surface area contributed by atoms with E-state index >= 15 is 0 Å². The van der Waals surface area contributed by atoms with Gasteiger partial charge in [0, 0.05) is 6.42 Å². The second-order valence-corrected chi connectivity index (χ2v) is 3.40. The van der Waals surface area contributed by atoms with Crippen LogP contribution < -0.4 is 11.2 Å². The van der Waals surface area contributed by atoms with Crippen molar-refractivity contribution in [1.29, 1.82) is 0 Å². The van der Waals surface area contributed by atoms with Gasteiger partial charge in [-0.25, -0.2) is 10.6 Å². The summed E-state index contributed by atoms with van der Waals surface area (Å²) < 4.78 is 0. The maximum absolute atomic E-state index is 11.4. The summed E-state index contributed by atoms with van der Waals surface area (Å²) in [6.07, 6.45) is 0.471. The fourth-order valence-electron chi connectivity index (χ4n) is 1.54. The lowest BCUT2D eigenvalue weighted by atomic mass is 10.1. The van der Waals surface area contributed by atoms with E-state index < -0.39 is 12.1 Å². The molecule has 1 fully saturated rings. The number of benzene rings is 1. The molecule has 0 spiro atoms. The van der Waals surface area contributed by atoms with Gasteiger partial charge in [0.2, 0.25) is 0 Å². The molecule has 1 heterocycles. The number of carbonyl (C=O) groups is 2. The molecule has 0 bridgehead atoms. The van der Waals surface area contributed by atoms with Crippen LogP contribution in [0.2, 0.25) is 0 Å². The zero-order valence-corrected chi connectivity index (χ0v) is 8.01. The molecule has 0 unspecified atom stereocenters. The zero-order chi connectivity index (χ0) is 10.8. The molecule has 3 N–H and O–H groups in total. The minimum atomic E-state index is -0.541. The first-order valence-electron chi connectivity index (χ1n) is 4.61. The Bertz CT molecular complexity index is 391. The largest absolute Gasteiger partial charge is 0.339 e. The maximum Gasteiger partial charge on any atom is 0.339 e. The van der Waals surface area contributed by atoms with Crippen molar-refractivity contribution in [3.63, 3.8) is 0 Å². The van der Waals surface area contributed by atoms with Crippen molar-refractivity contribution in [1.82, 2.24) is 10.3 Å². The molecule has 15 heavy (non-hydrogen) atoms. The van der Waals surface area contributed by atoms with E-state index in [1.807, 2.05) is 30.3 Å². The summed E-state index contributed by atoms with van der Waals surface area (Å²) in [5, 5.41) is 3.13. The van der Waals surface area contributed by atoms with Gasteiger partial charge in [0.25, 0.3) is 5.91 Å². The third-order valence-electron chi connectivity index (χ3n) is 2.33. The van der Waals surface area contributed by atoms with Gasteiger partial charge in [0.1, 0.15) is 6.04 Å². The Balaban J connectivity index is 2.09. The van der Waals surface area contributed by atoms with Crippen LogP contribution in [0.5, 0.6) is 0 Å². The molecule has 0 aromatic heterocycles. The Morgan fingerprint density at radius 3 is 2.47 bits per heavy atom. The highest BCUT2D eigenvalue weighted by molar-refractivity contribution is 6.03. The Labute approximate surface area is 86.8 Å². The molecule has 1 aromatic carbocycles. The summed E-state index contributed by atoms with van der Waals surface area (Å²) in [7, 11) is 0. The van der Waals surface area contributed by atoms with Crippen LogP contribution in [0.1, 0.15) is 5.56 Å². The van der Waals surface area contributed by atoms with Gasteiger partial charge in [-0.2, -0.15) is 5.01 Å². The van der Waals surface area contributed by atoms with E-state index in [1.165, 1.54) is 0 Å². The fraction of sp³-hybridized carbons (Fsp3) is 0.200. The number of carbonyl (C=O) groups excluding carboxylic acids is 2. The Hall–Kier alpha value is -1.88. The van der Waals surface area contributed by atoms with Crippen LogP contribution in [0.3, 0.4) is 0 Å². The summed E-state index contributed by atoms with van der Waals surface area (Å²) in [6, 6.07) is 8.39. The lowest BCUT2D eigenvalue weighted by Gasteiger charge is -2.07. The number of nitrogens with one attached hydrogen (secondary N) is 1. The molecule has 0 saturated carbocycles. The molecule has 3 amide bonds. The average Bonchev–Trinajstić information content (AvgIpc) is 2.48. The Morgan fingerprint density at radius 1 is 1.27 bits per heavy atom. The third-order valence-corrected chi connectivity index (χ3v) is 2.33. The Morgan fingerprint density at radius 2 is 1.93 bits per heavy atom. The second-order valence-electron chi connectivity index (χ2n) is 3.40. The molecular formula is C10H11N3O2. The number of rotatable bonds is 2. The van der Waals surface area contributed by atoms with Crippen molar-refractivity contribution >= 4 is 11.9 Å². The molecule has 1 aliphatic rings. The summed E-state index contributed by atoms with van der Waals surface area (Å²) >= 11 is 0. The highest BCUT2D eigenvalue weighted by Gasteiger charge is 2.35. The number of hydrazine groups is 1. The highest BCUT2D eigenvalue weighted by atomic mass is 16.2. The lowest BCUT2D eigenvalue weighted by molar-refractivity contribution is -0.127. The van der Waals surface area contributed by atoms with Crippen molar-refractivity contribution in [3.05, 3.63) is 35.9 Å². The molecule has 0 radical (unpaired) electrons. The van der Waals surface area contributed by atoms with Crippen LogP contribution >= 0.6 is 0 Å². The molecule has 5 heteroatoms. The van der Waals surface area contributed by atoms with Gasteiger partial charge in [-0.15, -0.1) is 0 Å². The first kappa shape index (κ1) is 9.67. The molecule has 2 rings (SSSR count). The highest BCUT2D eigenvalue weighted by Crippen LogP contribution is 2.09. The maximum atomic E-state index is 11.4. The summed E-state index contributed by atoms with van der Waals surface area (Å²) in [5.74, 6) is 4.85. The third kappa shape index (κ3) is 1.82. The molecule has 1 aromatic rings. The van der Waals surface area contributed by atoms with E-state index in [2.05, 4.69) is 5.32 Å². The molecular weight excluding hydrogens is 194 g/mol. The molecule has 1 aliphatic heterocycles. The van der Waals surface area contributed by atoms with Gasteiger partial charge in [0.15, 0.2) is 0 Å². The summed E-state index contributed by atoms with van der Waals surface area (Å²) in [5.41, 5.74) is 0.992. The average molecular weight is 205 g/mol. The SMILES string of the molecule is NN1C(=O)N[C@H](Cc2ccccc2)C1=O. The predicted octanol–water partition coefficient (Wildman–Crippen LogP) is 0.0232. The van der Waals surface area contributed by atoms with Crippen molar-refractivity contribution in [2.45, 2.75) is 12.5 Å².